The Balaban J connectivity index is 1.80. The zero-order valence-electron chi connectivity index (χ0n) is 12.4. The lowest BCUT2D eigenvalue weighted by molar-refractivity contribution is -0.150. The first-order valence-corrected chi connectivity index (χ1v) is 7.92. The van der Waals surface area contributed by atoms with Crippen LogP contribution in [0.15, 0.2) is 12.4 Å². The van der Waals surface area contributed by atoms with E-state index >= 15 is 0 Å². The zero-order chi connectivity index (χ0) is 15.9. The molecule has 0 bridgehead atoms. The second kappa shape index (κ2) is 5.66. The lowest BCUT2D eigenvalue weighted by Crippen LogP contribution is -2.54. The minimum absolute atomic E-state index is 0.167. The lowest BCUT2D eigenvalue weighted by Gasteiger charge is -2.40. The molecule has 4 nitrogen and oxygen atoms in total. The molecule has 1 saturated heterocycles. The zero-order valence-corrected chi connectivity index (χ0v) is 13.2. The van der Waals surface area contributed by atoms with Crippen LogP contribution in [0.25, 0.3) is 10.2 Å². The minimum Gasteiger partial charge on any atom is -0.353 e. The molecule has 1 aliphatic rings. The SMILES string of the molecule is Cc1cc2c(N3CCN(CC(F)(F)F)C(C)C3)ncnc2s1. The van der Waals surface area contributed by atoms with Crippen molar-refractivity contribution in [2.75, 3.05) is 31.1 Å². The van der Waals surface area contributed by atoms with Crippen molar-refractivity contribution in [1.29, 1.82) is 0 Å². The molecular weight excluding hydrogens is 313 g/mol. The van der Waals surface area contributed by atoms with Gasteiger partial charge < -0.3 is 4.90 Å². The van der Waals surface area contributed by atoms with Crippen LogP contribution >= 0.6 is 11.3 Å². The Bertz CT molecular complexity index is 670. The molecule has 1 fully saturated rings. The van der Waals surface area contributed by atoms with Gasteiger partial charge in [0.1, 0.15) is 17.0 Å². The minimum atomic E-state index is -4.15. The third-order valence-corrected chi connectivity index (χ3v) is 4.84. The molecule has 3 heterocycles. The maximum atomic E-state index is 12.6. The van der Waals surface area contributed by atoms with E-state index < -0.39 is 12.7 Å². The van der Waals surface area contributed by atoms with E-state index in [1.165, 1.54) is 11.2 Å². The molecule has 0 saturated carbocycles. The second-order valence-electron chi connectivity index (χ2n) is 5.65. The summed E-state index contributed by atoms with van der Waals surface area (Å²) in [5, 5.41) is 0.987. The molecule has 0 aromatic carbocycles. The summed E-state index contributed by atoms with van der Waals surface area (Å²) >= 11 is 1.60. The van der Waals surface area contributed by atoms with Crippen molar-refractivity contribution in [1.82, 2.24) is 14.9 Å². The van der Waals surface area contributed by atoms with Crippen molar-refractivity contribution in [2.24, 2.45) is 0 Å². The van der Waals surface area contributed by atoms with Crippen LogP contribution in [0.3, 0.4) is 0 Å². The van der Waals surface area contributed by atoms with Crippen LogP contribution in [0.5, 0.6) is 0 Å². The van der Waals surface area contributed by atoms with Crippen molar-refractivity contribution in [3.8, 4) is 0 Å². The molecule has 0 aliphatic carbocycles. The van der Waals surface area contributed by atoms with Crippen LogP contribution < -0.4 is 4.90 Å². The van der Waals surface area contributed by atoms with E-state index in [1.807, 2.05) is 19.9 Å². The van der Waals surface area contributed by atoms with Gasteiger partial charge in [-0.05, 0) is 19.9 Å². The summed E-state index contributed by atoms with van der Waals surface area (Å²) in [7, 11) is 0. The summed E-state index contributed by atoms with van der Waals surface area (Å²) in [6.45, 7) is 4.46. The van der Waals surface area contributed by atoms with Gasteiger partial charge in [0, 0.05) is 30.6 Å². The Labute approximate surface area is 130 Å². The predicted octanol–water partition coefficient (Wildman–Crippen LogP) is 3.07. The van der Waals surface area contributed by atoms with E-state index in [9.17, 15) is 13.2 Å². The Morgan fingerprint density at radius 2 is 2.09 bits per heavy atom. The van der Waals surface area contributed by atoms with Crippen molar-refractivity contribution in [3.05, 3.63) is 17.3 Å². The van der Waals surface area contributed by atoms with Gasteiger partial charge in [0.25, 0.3) is 0 Å². The van der Waals surface area contributed by atoms with Crippen LogP contribution in [-0.4, -0.2) is 53.3 Å². The molecule has 1 aliphatic heterocycles. The highest BCUT2D eigenvalue weighted by Gasteiger charge is 2.35. The standard InChI is InChI=1S/C14H17F3N4S/c1-9-6-20(3-4-21(9)7-14(15,16)17)12-11-5-10(2)22-13(11)19-8-18-12/h5,8-9H,3-4,6-7H2,1-2H3. The van der Waals surface area contributed by atoms with Crippen LogP contribution in [0, 0.1) is 6.92 Å². The average molecular weight is 330 g/mol. The van der Waals surface area contributed by atoms with Gasteiger partial charge in [-0.1, -0.05) is 0 Å². The highest BCUT2D eigenvalue weighted by atomic mass is 32.1. The predicted molar refractivity (Wildman–Crippen MR) is 81.5 cm³/mol. The molecule has 8 heteroatoms. The van der Waals surface area contributed by atoms with Gasteiger partial charge in [0.05, 0.1) is 11.9 Å². The normalized spacial score (nSPS) is 20.8. The molecule has 22 heavy (non-hydrogen) atoms. The summed E-state index contributed by atoms with van der Waals surface area (Å²) in [4.78, 5) is 14.2. The molecule has 2 aromatic heterocycles. The molecule has 120 valence electrons. The van der Waals surface area contributed by atoms with Crippen LogP contribution in [0.2, 0.25) is 0 Å². The highest BCUT2D eigenvalue weighted by Crippen LogP contribution is 2.31. The van der Waals surface area contributed by atoms with Gasteiger partial charge in [-0.3, -0.25) is 4.90 Å². The van der Waals surface area contributed by atoms with E-state index in [0.717, 1.165) is 20.9 Å². The number of rotatable bonds is 2. The average Bonchev–Trinajstić information content (AvgIpc) is 2.79. The van der Waals surface area contributed by atoms with Gasteiger partial charge in [-0.25, -0.2) is 9.97 Å². The molecule has 0 amide bonds. The Kier molecular flexibility index (Phi) is 3.98. The van der Waals surface area contributed by atoms with Crippen LogP contribution in [-0.2, 0) is 0 Å². The number of aromatic nitrogens is 2. The molecule has 0 spiro atoms. The van der Waals surface area contributed by atoms with Gasteiger partial charge in [0.15, 0.2) is 0 Å². The van der Waals surface area contributed by atoms with Crippen LogP contribution in [0.1, 0.15) is 11.8 Å². The fourth-order valence-electron chi connectivity index (χ4n) is 2.87. The van der Waals surface area contributed by atoms with E-state index in [4.69, 9.17) is 0 Å². The number of hydrogen-bond acceptors (Lipinski definition) is 5. The highest BCUT2D eigenvalue weighted by molar-refractivity contribution is 7.18. The molecular formula is C14H17F3N4S. The fourth-order valence-corrected chi connectivity index (χ4v) is 3.71. The largest absolute Gasteiger partial charge is 0.401 e. The molecule has 3 rings (SSSR count). The topological polar surface area (TPSA) is 32.3 Å². The Hall–Kier alpha value is -1.41. The number of hydrogen-bond donors (Lipinski definition) is 0. The van der Waals surface area contributed by atoms with Crippen molar-refractivity contribution in [2.45, 2.75) is 26.1 Å². The summed E-state index contributed by atoms with van der Waals surface area (Å²) in [6.07, 6.45) is -2.62. The van der Waals surface area contributed by atoms with E-state index in [-0.39, 0.29) is 6.04 Å². The molecule has 0 radical (unpaired) electrons. The maximum absolute atomic E-state index is 12.6. The number of thiophene rings is 1. The van der Waals surface area contributed by atoms with Crippen LogP contribution in [0.4, 0.5) is 19.0 Å². The monoisotopic (exact) mass is 330 g/mol. The molecule has 1 atom stereocenters. The first kappa shape index (κ1) is 15.5. The first-order chi connectivity index (χ1) is 10.3. The number of piperazine rings is 1. The van der Waals surface area contributed by atoms with Gasteiger partial charge >= 0.3 is 6.18 Å². The quantitative estimate of drug-likeness (QED) is 0.847. The van der Waals surface area contributed by atoms with Crippen molar-refractivity contribution >= 4 is 27.4 Å². The number of alkyl halides is 3. The fraction of sp³-hybridized carbons (Fsp3) is 0.571. The van der Waals surface area contributed by atoms with Crippen molar-refractivity contribution in [3.63, 3.8) is 0 Å². The third-order valence-electron chi connectivity index (χ3n) is 3.88. The lowest BCUT2D eigenvalue weighted by atomic mass is 10.1. The molecule has 2 aromatic rings. The summed E-state index contributed by atoms with van der Waals surface area (Å²) in [6, 6.07) is 1.88. The number of halogens is 3. The summed E-state index contributed by atoms with van der Waals surface area (Å²) in [5.74, 6) is 0.827. The second-order valence-corrected chi connectivity index (χ2v) is 6.89. The van der Waals surface area contributed by atoms with E-state index in [0.29, 0.717) is 19.6 Å². The first-order valence-electron chi connectivity index (χ1n) is 7.10. The summed E-state index contributed by atoms with van der Waals surface area (Å²) < 4.78 is 37.7. The third kappa shape index (κ3) is 3.17. The molecule has 1 unspecified atom stereocenters. The van der Waals surface area contributed by atoms with E-state index in [1.54, 1.807) is 11.3 Å². The van der Waals surface area contributed by atoms with E-state index in [2.05, 4.69) is 14.9 Å². The van der Waals surface area contributed by atoms with Gasteiger partial charge in [-0.2, -0.15) is 13.2 Å². The van der Waals surface area contributed by atoms with Gasteiger partial charge in [0.2, 0.25) is 0 Å². The smallest absolute Gasteiger partial charge is 0.353 e. The molecule has 0 N–H and O–H groups in total. The summed E-state index contributed by atoms with van der Waals surface area (Å²) in [5.41, 5.74) is 0. The number of aryl methyl sites for hydroxylation is 1. The Morgan fingerprint density at radius 3 is 2.77 bits per heavy atom. The number of nitrogens with zero attached hydrogens (tertiary/aromatic N) is 4. The van der Waals surface area contributed by atoms with Crippen molar-refractivity contribution < 1.29 is 13.2 Å². The number of fused-ring (bicyclic) bond motifs is 1. The Morgan fingerprint density at radius 1 is 1.32 bits per heavy atom. The van der Waals surface area contributed by atoms with Gasteiger partial charge in [-0.15, -0.1) is 11.3 Å². The maximum Gasteiger partial charge on any atom is 0.401 e. The number of anilines is 1.